The average Bonchev–Trinajstić information content (AvgIpc) is 3.06. The lowest BCUT2D eigenvalue weighted by molar-refractivity contribution is -0.142. The number of nitrogens with one attached hydrogen (secondary N) is 1. The molecule has 0 spiro atoms. The molecular weight excluding hydrogens is 544 g/mol. The van der Waals surface area contributed by atoms with Crippen LogP contribution < -0.4 is 19.5 Å². The second-order valence-electron chi connectivity index (χ2n) is 9.74. The fourth-order valence-electron chi connectivity index (χ4n) is 4.41. The van der Waals surface area contributed by atoms with Gasteiger partial charge in [-0.05, 0) is 59.7 Å². The van der Waals surface area contributed by atoms with Crippen LogP contribution in [-0.4, -0.2) is 43.2 Å². The monoisotopic (exact) mass is 576 g/mol. The van der Waals surface area contributed by atoms with Gasteiger partial charge in [0.15, 0.2) is 0 Å². The molecule has 0 fully saturated rings. The van der Waals surface area contributed by atoms with Crippen LogP contribution in [0.3, 0.4) is 0 Å². The molecule has 0 radical (unpaired) electrons. The van der Waals surface area contributed by atoms with Gasteiger partial charge in [-0.1, -0.05) is 60.7 Å². The summed E-state index contributed by atoms with van der Waals surface area (Å²) in [4.78, 5) is 29.9. The Morgan fingerprint density at radius 1 is 0.698 bits per heavy atom. The molecule has 1 N–H and O–H groups in total. The maximum absolute atomic E-state index is 13.0. The molecule has 4 aromatic carbocycles. The van der Waals surface area contributed by atoms with E-state index in [1.54, 1.807) is 24.3 Å². The molecule has 8 nitrogen and oxygen atoms in total. The van der Waals surface area contributed by atoms with Crippen molar-refractivity contribution >= 4 is 22.8 Å². The summed E-state index contributed by atoms with van der Waals surface area (Å²) < 4.78 is 22.2. The van der Waals surface area contributed by atoms with Crippen LogP contribution in [0, 0.1) is 0 Å². The van der Waals surface area contributed by atoms with Gasteiger partial charge in [0, 0.05) is 23.4 Å². The van der Waals surface area contributed by atoms with Crippen molar-refractivity contribution in [3.8, 4) is 17.4 Å². The summed E-state index contributed by atoms with van der Waals surface area (Å²) in [5.41, 5.74) is 3.18. The van der Waals surface area contributed by atoms with E-state index in [1.165, 1.54) is 7.11 Å². The van der Waals surface area contributed by atoms with Gasteiger partial charge in [-0.25, -0.2) is 9.78 Å². The molecule has 5 rings (SSSR count). The maximum atomic E-state index is 13.0. The molecule has 1 atom stereocenters. The minimum absolute atomic E-state index is 0.268. The number of para-hydroxylation sites is 1. The summed E-state index contributed by atoms with van der Waals surface area (Å²) >= 11 is 0. The molecule has 5 aromatic rings. The molecule has 0 aliphatic heterocycles. The van der Waals surface area contributed by atoms with E-state index in [2.05, 4.69) is 10.3 Å². The second-order valence-corrected chi connectivity index (χ2v) is 9.74. The van der Waals surface area contributed by atoms with Crippen molar-refractivity contribution in [1.82, 2.24) is 10.3 Å². The highest BCUT2D eigenvalue weighted by atomic mass is 16.5. The Morgan fingerprint density at radius 3 is 2.14 bits per heavy atom. The van der Waals surface area contributed by atoms with Crippen LogP contribution in [0.5, 0.6) is 17.4 Å². The third-order valence-corrected chi connectivity index (χ3v) is 6.69. The molecule has 0 bridgehead atoms. The zero-order valence-corrected chi connectivity index (χ0v) is 23.8. The lowest BCUT2D eigenvalue weighted by Crippen LogP contribution is -2.43. The number of benzene rings is 4. The number of ether oxygens (including phenoxy) is 4. The maximum Gasteiger partial charge on any atom is 0.328 e. The quantitative estimate of drug-likeness (QED) is 0.140. The van der Waals surface area contributed by atoms with E-state index in [1.807, 2.05) is 91.0 Å². The molecule has 0 aliphatic carbocycles. The molecule has 0 saturated heterocycles. The Balaban J connectivity index is 1.10. The van der Waals surface area contributed by atoms with Gasteiger partial charge in [0.05, 0.1) is 12.6 Å². The topological polar surface area (TPSA) is 96.0 Å². The predicted octanol–water partition coefficient (Wildman–Crippen LogP) is 5.79. The van der Waals surface area contributed by atoms with Gasteiger partial charge < -0.3 is 24.3 Å². The predicted molar refractivity (Wildman–Crippen MR) is 163 cm³/mol. The van der Waals surface area contributed by atoms with Crippen molar-refractivity contribution in [2.24, 2.45) is 0 Å². The number of nitrogens with zero attached hydrogens (tertiary/aromatic N) is 1. The van der Waals surface area contributed by atoms with Crippen LogP contribution in [0.15, 0.2) is 115 Å². The van der Waals surface area contributed by atoms with Crippen LogP contribution >= 0.6 is 0 Å². The summed E-state index contributed by atoms with van der Waals surface area (Å²) in [6.45, 7) is 1.08. The van der Waals surface area contributed by atoms with Crippen molar-refractivity contribution in [2.45, 2.75) is 19.1 Å². The number of pyridine rings is 1. The Labute approximate surface area is 250 Å². The van der Waals surface area contributed by atoms with Crippen molar-refractivity contribution in [3.05, 3.63) is 132 Å². The minimum Gasteiger partial charge on any atom is -0.490 e. The van der Waals surface area contributed by atoms with E-state index in [0.29, 0.717) is 42.8 Å². The Morgan fingerprint density at radius 2 is 1.37 bits per heavy atom. The summed E-state index contributed by atoms with van der Waals surface area (Å²) in [5, 5.41) is 3.83. The zero-order valence-electron chi connectivity index (χ0n) is 23.8. The first-order valence-electron chi connectivity index (χ1n) is 13.9. The van der Waals surface area contributed by atoms with Crippen LogP contribution in [0.25, 0.3) is 10.9 Å². The number of fused-ring (bicyclic) bond motifs is 1. The van der Waals surface area contributed by atoms with Crippen LogP contribution in [0.2, 0.25) is 0 Å². The van der Waals surface area contributed by atoms with Gasteiger partial charge in [-0.2, -0.15) is 0 Å². The van der Waals surface area contributed by atoms with Gasteiger partial charge >= 0.3 is 5.97 Å². The van der Waals surface area contributed by atoms with E-state index in [0.717, 1.165) is 22.0 Å². The normalized spacial score (nSPS) is 11.4. The highest BCUT2D eigenvalue weighted by molar-refractivity contribution is 5.97. The number of methoxy groups -OCH3 is 1. The van der Waals surface area contributed by atoms with Crippen LogP contribution in [0.4, 0.5) is 0 Å². The van der Waals surface area contributed by atoms with E-state index >= 15 is 0 Å². The number of carbonyl (C=O) groups is 2. The third-order valence-electron chi connectivity index (χ3n) is 6.69. The molecule has 0 aliphatic rings. The molecular formula is C35H32N2O6. The number of esters is 1. The SMILES string of the molecule is COC(=O)C(Cc1ccc(OCc2ccccc2)cc1)NC(=O)c1ccc(OCCOc2ccc3ccccc3n2)cc1. The van der Waals surface area contributed by atoms with Crippen molar-refractivity contribution in [1.29, 1.82) is 0 Å². The van der Waals surface area contributed by atoms with Crippen LogP contribution in [0.1, 0.15) is 21.5 Å². The molecule has 0 saturated carbocycles. The van der Waals surface area contributed by atoms with Crippen LogP contribution in [-0.2, 0) is 22.6 Å². The Kier molecular flexibility index (Phi) is 9.82. The van der Waals surface area contributed by atoms with E-state index < -0.39 is 17.9 Å². The van der Waals surface area contributed by atoms with Gasteiger partial charge in [-0.15, -0.1) is 0 Å². The van der Waals surface area contributed by atoms with Gasteiger partial charge in [0.25, 0.3) is 5.91 Å². The van der Waals surface area contributed by atoms with Crippen molar-refractivity contribution in [2.75, 3.05) is 20.3 Å². The molecule has 1 heterocycles. The summed E-state index contributed by atoms with van der Waals surface area (Å²) in [6, 6.07) is 34.8. The van der Waals surface area contributed by atoms with Gasteiger partial charge in [0.2, 0.25) is 5.88 Å². The third kappa shape index (κ3) is 8.33. The Hall–Kier alpha value is -5.37. The van der Waals surface area contributed by atoms with Crippen molar-refractivity contribution < 1.29 is 28.5 Å². The molecule has 1 aromatic heterocycles. The first-order chi connectivity index (χ1) is 21.1. The van der Waals surface area contributed by atoms with E-state index in [9.17, 15) is 9.59 Å². The number of hydrogen-bond donors (Lipinski definition) is 1. The summed E-state index contributed by atoms with van der Waals surface area (Å²) in [5.74, 6) is 0.909. The lowest BCUT2D eigenvalue weighted by Gasteiger charge is -2.17. The fraction of sp³-hybridized carbons (Fsp3) is 0.171. The highest BCUT2D eigenvalue weighted by Gasteiger charge is 2.23. The largest absolute Gasteiger partial charge is 0.490 e. The molecule has 218 valence electrons. The lowest BCUT2D eigenvalue weighted by atomic mass is 10.0. The van der Waals surface area contributed by atoms with E-state index in [-0.39, 0.29) is 6.42 Å². The smallest absolute Gasteiger partial charge is 0.328 e. The standard InChI is InChI=1S/C35H32N2O6/c1-40-35(39)32(23-25-11-16-30(17-12-25)43-24-26-7-3-2-4-8-26)37-34(38)28-13-18-29(19-14-28)41-21-22-42-33-20-15-27-9-5-6-10-31(27)36-33/h2-20,32H,21-24H2,1H3,(H,37,38). The minimum atomic E-state index is -0.856. The van der Waals surface area contributed by atoms with E-state index in [4.69, 9.17) is 18.9 Å². The van der Waals surface area contributed by atoms with Gasteiger partial charge in [0.1, 0.15) is 37.4 Å². The average molecular weight is 577 g/mol. The second kappa shape index (κ2) is 14.5. The summed E-state index contributed by atoms with van der Waals surface area (Å²) in [6.07, 6.45) is 0.268. The number of aromatic nitrogens is 1. The van der Waals surface area contributed by atoms with Gasteiger partial charge in [-0.3, -0.25) is 4.79 Å². The number of rotatable bonds is 13. The first-order valence-corrected chi connectivity index (χ1v) is 13.9. The molecule has 43 heavy (non-hydrogen) atoms. The number of amides is 1. The highest BCUT2D eigenvalue weighted by Crippen LogP contribution is 2.18. The molecule has 8 heteroatoms. The zero-order chi connectivity index (χ0) is 29.9. The fourth-order valence-corrected chi connectivity index (χ4v) is 4.41. The Bertz CT molecular complexity index is 1640. The first kappa shape index (κ1) is 29.1. The number of carbonyl (C=O) groups excluding carboxylic acids is 2. The summed E-state index contributed by atoms with van der Waals surface area (Å²) in [7, 11) is 1.30. The molecule has 1 amide bonds. The van der Waals surface area contributed by atoms with Crippen molar-refractivity contribution in [3.63, 3.8) is 0 Å². The molecule has 1 unspecified atom stereocenters. The number of hydrogen-bond acceptors (Lipinski definition) is 7.